The first-order valence-corrected chi connectivity index (χ1v) is 8.49. The van der Waals surface area contributed by atoms with Gasteiger partial charge in [-0.05, 0) is 41.5 Å². The number of furan rings is 1. The van der Waals surface area contributed by atoms with Crippen LogP contribution in [0.4, 0.5) is 13.2 Å². The molecule has 1 amide bonds. The Bertz CT molecular complexity index is 988. The van der Waals surface area contributed by atoms with Crippen molar-refractivity contribution in [2.75, 3.05) is 26.3 Å². The molecule has 0 N–H and O–H groups in total. The van der Waals surface area contributed by atoms with Crippen molar-refractivity contribution in [3.63, 3.8) is 0 Å². The third-order valence-electron chi connectivity index (χ3n) is 4.60. The van der Waals surface area contributed by atoms with Gasteiger partial charge in [-0.2, -0.15) is 13.2 Å². The monoisotopic (exact) mass is 375 g/mol. The van der Waals surface area contributed by atoms with Gasteiger partial charge in [-0.25, -0.2) is 0 Å². The molecule has 2 heterocycles. The molecule has 1 aliphatic heterocycles. The molecular formula is C20H16F3NO3. The highest BCUT2D eigenvalue weighted by Gasteiger charge is 2.34. The average molecular weight is 375 g/mol. The maximum Gasteiger partial charge on any atom is 0.420 e. The molecule has 1 aromatic heterocycles. The first-order valence-electron chi connectivity index (χ1n) is 8.49. The zero-order valence-corrected chi connectivity index (χ0v) is 14.3. The number of nitrogens with zero attached hydrogens (tertiary/aromatic N) is 1. The molecule has 0 saturated carbocycles. The van der Waals surface area contributed by atoms with E-state index in [2.05, 4.69) is 0 Å². The van der Waals surface area contributed by atoms with Crippen LogP contribution < -0.4 is 0 Å². The predicted octanol–water partition coefficient (Wildman–Crippen LogP) is 4.59. The van der Waals surface area contributed by atoms with Gasteiger partial charge >= 0.3 is 6.18 Å². The van der Waals surface area contributed by atoms with E-state index < -0.39 is 11.7 Å². The van der Waals surface area contributed by atoms with Gasteiger partial charge in [0.15, 0.2) is 0 Å². The smallest absolute Gasteiger partial charge is 0.420 e. The van der Waals surface area contributed by atoms with Gasteiger partial charge in [-0.15, -0.1) is 0 Å². The van der Waals surface area contributed by atoms with Crippen molar-refractivity contribution in [2.45, 2.75) is 6.18 Å². The molecule has 0 unspecified atom stereocenters. The molecular weight excluding hydrogens is 359 g/mol. The van der Waals surface area contributed by atoms with Crippen LogP contribution in [0.5, 0.6) is 0 Å². The fourth-order valence-electron chi connectivity index (χ4n) is 3.24. The van der Waals surface area contributed by atoms with E-state index in [4.69, 9.17) is 9.15 Å². The number of amides is 1. The van der Waals surface area contributed by atoms with Crippen LogP contribution in [0.25, 0.3) is 22.1 Å². The molecule has 140 valence electrons. The van der Waals surface area contributed by atoms with Crippen LogP contribution in [0, 0.1) is 0 Å². The maximum absolute atomic E-state index is 13.4. The number of alkyl halides is 3. The highest BCUT2D eigenvalue weighted by Crippen LogP contribution is 2.38. The lowest BCUT2D eigenvalue weighted by Crippen LogP contribution is -2.40. The Morgan fingerprint density at radius 2 is 1.78 bits per heavy atom. The normalized spacial score (nSPS) is 15.3. The molecule has 0 bridgehead atoms. The van der Waals surface area contributed by atoms with Crippen molar-refractivity contribution in [3.8, 4) is 11.1 Å². The van der Waals surface area contributed by atoms with Crippen LogP contribution in [-0.2, 0) is 10.9 Å². The zero-order valence-electron chi connectivity index (χ0n) is 14.3. The number of benzene rings is 2. The van der Waals surface area contributed by atoms with E-state index in [9.17, 15) is 18.0 Å². The largest absolute Gasteiger partial charge is 0.464 e. The van der Waals surface area contributed by atoms with Crippen molar-refractivity contribution in [1.82, 2.24) is 4.90 Å². The summed E-state index contributed by atoms with van der Waals surface area (Å²) in [4.78, 5) is 14.3. The average Bonchev–Trinajstić information content (AvgIpc) is 3.15. The lowest BCUT2D eigenvalue weighted by Gasteiger charge is -2.27. The molecule has 2 aromatic carbocycles. The summed E-state index contributed by atoms with van der Waals surface area (Å²) >= 11 is 0. The van der Waals surface area contributed by atoms with E-state index in [1.165, 1.54) is 12.3 Å². The molecule has 0 spiro atoms. The number of halogens is 3. The minimum Gasteiger partial charge on any atom is -0.464 e. The minimum absolute atomic E-state index is 0.152. The zero-order chi connectivity index (χ0) is 19.0. The summed E-state index contributed by atoms with van der Waals surface area (Å²) in [7, 11) is 0. The van der Waals surface area contributed by atoms with Crippen LogP contribution in [0.2, 0.25) is 0 Å². The highest BCUT2D eigenvalue weighted by atomic mass is 19.4. The molecule has 0 atom stereocenters. The fraction of sp³-hybridized carbons (Fsp3) is 0.250. The predicted molar refractivity (Wildman–Crippen MR) is 93.4 cm³/mol. The number of morpholine rings is 1. The minimum atomic E-state index is -4.53. The molecule has 27 heavy (non-hydrogen) atoms. The highest BCUT2D eigenvalue weighted by molar-refractivity contribution is 5.96. The van der Waals surface area contributed by atoms with Gasteiger partial charge in [0.05, 0.1) is 25.0 Å². The van der Waals surface area contributed by atoms with Crippen LogP contribution in [0.1, 0.15) is 15.9 Å². The summed E-state index contributed by atoms with van der Waals surface area (Å²) in [6.07, 6.45) is -3.30. The van der Waals surface area contributed by atoms with Crippen LogP contribution >= 0.6 is 0 Å². The van der Waals surface area contributed by atoms with Gasteiger partial charge in [0.1, 0.15) is 5.58 Å². The number of carbonyl (C=O) groups is 1. The molecule has 0 aliphatic carbocycles. The Hall–Kier alpha value is -2.80. The molecule has 1 saturated heterocycles. The van der Waals surface area contributed by atoms with Crippen molar-refractivity contribution < 1.29 is 27.1 Å². The van der Waals surface area contributed by atoms with Crippen LogP contribution in [0.15, 0.2) is 53.1 Å². The van der Waals surface area contributed by atoms with E-state index in [-0.39, 0.29) is 11.5 Å². The second-order valence-corrected chi connectivity index (χ2v) is 6.35. The van der Waals surface area contributed by atoms with E-state index in [0.717, 1.165) is 6.07 Å². The number of fused-ring (bicyclic) bond motifs is 1. The summed E-state index contributed by atoms with van der Waals surface area (Å²) in [6, 6.07) is 10.8. The summed E-state index contributed by atoms with van der Waals surface area (Å²) in [6.45, 7) is 1.97. The Kier molecular flexibility index (Phi) is 4.39. The van der Waals surface area contributed by atoms with Gasteiger partial charge in [0.25, 0.3) is 5.91 Å². The third-order valence-corrected chi connectivity index (χ3v) is 4.60. The van der Waals surface area contributed by atoms with Crippen LogP contribution in [0.3, 0.4) is 0 Å². The molecule has 7 heteroatoms. The quantitative estimate of drug-likeness (QED) is 0.658. The molecule has 3 aromatic rings. The van der Waals surface area contributed by atoms with E-state index in [1.54, 1.807) is 35.2 Å². The summed E-state index contributed by atoms with van der Waals surface area (Å²) < 4.78 is 50.5. The van der Waals surface area contributed by atoms with Gasteiger partial charge in [0, 0.05) is 24.0 Å². The number of hydrogen-bond donors (Lipinski definition) is 0. The van der Waals surface area contributed by atoms with Crippen LogP contribution in [-0.4, -0.2) is 37.1 Å². The first-order chi connectivity index (χ1) is 12.9. The molecule has 0 radical (unpaired) electrons. The fourth-order valence-corrected chi connectivity index (χ4v) is 3.24. The Morgan fingerprint density at radius 3 is 2.52 bits per heavy atom. The van der Waals surface area contributed by atoms with Crippen molar-refractivity contribution in [2.24, 2.45) is 0 Å². The van der Waals surface area contributed by atoms with Gasteiger partial charge in [-0.1, -0.05) is 12.1 Å². The molecule has 1 fully saturated rings. The van der Waals surface area contributed by atoms with E-state index in [0.29, 0.717) is 48.4 Å². The van der Waals surface area contributed by atoms with E-state index in [1.807, 2.05) is 0 Å². The maximum atomic E-state index is 13.4. The summed E-state index contributed by atoms with van der Waals surface area (Å²) in [5.74, 6) is -0.152. The molecule has 4 rings (SSSR count). The standard InChI is InChI=1S/C20H16F3NO3/c21-20(22,23)17-12-16(11-14-4-7-27-18(14)17)13-2-1-3-15(10-13)19(25)24-5-8-26-9-6-24/h1-4,7,10-12H,5-6,8-9H2. The number of rotatable bonds is 2. The SMILES string of the molecule is O=C(c1cccc(-c2cc(C(F)(F)F)c3occc3c2)c1)N1CCOCC1. The third kappa shape index (κ3) is 3.42. The van der Waals surface area contributed by atoms with Crippen molar-refractivity contribution in [3.05, 3.63) is 59.9 Å². The van der Waals surface area contributed by atoms with Gasteiger partial charge in [-0.3, -0.25) is 4.79 Å². The lowest BCUT2D eigenvalue weighted by atomic mass is 9.98. The Morgan fingerprint density at radius 1 is 1.00 bits per heavy atom. The summed E-state index contributed by atoms with van der Waals surface area (Å²) in [5, 5.41) is 0.365. The van der Waals surface area contributed by atoms with Crippen molar-refractivity contribution >= 4 is 16.9 Å². The topological polar surface area (TPSA) is 42.7 Å². The molecule has 1 aliphatic rings. The Labute approximate surface area is 153 Å². The van der Waals surface area contributed by atoms with Gasteiger partial charge in [0.2, 0.25) is 0 Å². The first kappa shape index (κ1) is 17.6. The van der Waals surface area contributed by atoms with E-state index >= 15 is 0 Å². The number of hydrogen-bond acceptors (Lipinski definition) is 3. The van der Waals surface area contributed by atoms with Gasteiger partial charge < -0.3 is 14.1 Å². The summed E-state index contributed by atoms with van der Waals surface area (Å²) in [5.41, 5.74) is 0.350. The van der Waals surface area contributed by atoms with Crippen molar-refractivity contribution in [1.29, 1.82) is 0 Å². The Balaban J connectivity index is 1.75. The second-order valence-electron chi connectivity index (χ2n) is 6.35. The number of ether oxygens (including phenoxy) is 1. The lowest BCUT2D eigenvalue weighted by molar-refractivity contribution is -0.136. The number of carbonyl (C=O) groups excluding carboxylic acids is 1. The second kappa shape index (κ2) is 6.74. The molecule has 4 nitrogen and oxygen atoms in total.